The van der Waals surface area contributed by atoms with Gasteiger partial charge in [-0.25, -0.2) is 0 Å². The summed E-state index contributed by atoms with van der Waals surface area (Å²) >= 11 is 0. The van der Waals surface area contributed by atoms with Crippen LogP contribution >= 0.6 is 15.8 Å². The Morgan fingerprint density at radius 1 is 0.405 bits per heavy atom. The predicted octanol–water partition coefficient (Wildman–Crippen LogP) is 0.999. The van der Waals surface area contributed by atoms with Crippen molar-refractivity contribution >= 4 is 37.1 Å². The second-order valence-electron chi connectivity index (χ2n) is 8.25. The third-order valence-electron chi connectivity index (χ3n) is 6.06. The van der Waals surface area contributed by atoms with Crippen LogP contribution in [0.25, 0.3) is 0 Å². The van der Waals surface area contributed by atoms with E-state index >= 15 is 0 Å². The molecule has 5 heteroatoms. The van der Waals surface area contributed by atoms with Crippen LogP contribution in [0.1, 0.15) is 11.2 Å². The van der Waals surface area contributed by atoms with E-state index in [-0.39, 0.29) is 41.3 Å². The summed E-state index contributed by atoms with van der Waals surface area (Å²) in [6.45, 7) is 0. The number of halogens is 2. The van der Waals surface area contributed by atoms with Crippen LogP contribution in [-0.4, -0.2) is 6.16 Å². The van der Waals surface area contributed by atoms with Crippen molar-refractivity contribution in [3.05, 3.63) is 157 Å². The fourth-order valence-electron chi connectivity index (χ4n) is 4.45. The molecule has 190 valence electrons. The predicted molar refractivity (Wildman–Crippen MR) is 152 cm³/mol. The van der Waals surface area contributed by atoms with Gasteiger partial charge in [-0.3, -0.25) is 0 Å². The third-order valence-corrected chi connectivity index (χ3v) is 11.7. The molecule has 0 amide bonds. The van der Waals surface area contributed by atoms with Crippen LogP contribution in [0.5, 0.6) is 0 Å². The van der Waals surface area contributed by atoms with Gasteiger partial charge in [0.05, 0.1) is 0 Å². The SMILES string of the molecule is [Cl-].[Cl-].[Ni+2].c1ccc([C@H](CP(c2ccccc2)c2ccccc2)P(c2ccccc2)c2ccccc2)cc1. The quantitative estimate of drug-likeness (QED) is 0.184. The molecule has 5 aromatic rings. The van der Waals surface area contributed by atoms with E-state index in [4.69, 9.17) is 0 Å². The number of rotatable bonds is 8. The number of benzene rings is 5. The summed E-state index contributed by atoms with van der Waals surface area (Å²) in [5.74, 6) is 0. The van der Waals surface area contributed by atoms with E-state index in [1.54, 1.807) is 0 Å². The Kier molecular flexibility index (Phi) is 13.6. The topological polar surface area (TPSA) is 0 Å². The summed E-state index contributed by atoms with van der Waals surface area (Å²) in [6, 6.07) is 55.7. The van der Waals surface area contributed by atoms with Gasteiger partial charge >= 0.3 is 16.5 Å². The summed E-state index contributed by atoms with van der Waals surface area (Å²) in [7, 11) is -1.10. The molecular weight excluding hydrogens is 576 g/mol. The zero-order chi connectivity index (χ0) is 23.0. The molecule has 0 spiro atoms. The van der Waals surface area contributed by atoms with Crippen LogP contribution < -0.4 is 46.0 Å². The first-order chi connectivity index (χ1) is 16.9. The molecule has 0 saturated heterocycles. The van der Waals surface area contributed by atoms with Crippen LogP contribution in [0.3, 0.4) is 0 Å². The van der Waals surface area contributed by atoms with Gasteiger partial charge < -0.3 is 24.8 Å². The molecule has 0 aliphatic carbocycles. The summed E-state index contributed by atoms with van der Waals surface area (Å²) in [4.78, 5) is 0. The summed E-state index contributed by atoms with van der Waals surface area (Å²) in [5.41, 5.74) is 1.84. The largest absolute Gasteiger partial charge is 2.00 e. The van der Waals surface area contributed by atoms with Gasteiger partial charge in [0.15, 0.2) is 0 Å². The fraction of sp³-hybridized carbons (Fsp3) is 0.0625. The molecule has 0 unspecified atom stereocenters. The van der Waals surface area contributed by atoms with Gasteiger partial charge in [0.1, 0.15) is 0 Å². The Hall–Kier alpha value is -1.97. The van der Waals surface area contributed by atoms with Crippen molar-refractivity contribution in [2.45, 2.75) is 5.66 Å². The Bertz CT molecular complexity index is 1200. The van der Waals surface area contributed by atoms with Gasteiger partial charge in [0.25, 0.3) is 0 Å². The second kappa shape index (κ2) is 16.1. The Balaban J connectivity index is 0.00000160. The van der Waals surface area contributed by atoms with Crippen molar-refractivity contribution in [2.24, 2.45) is 0 Å². The van der Waals surface area contributed by atoms with Crippen molar-refractivity contribution in [1.82, 2.24) is 0 Å². The van der Waals surface area contributed by atoms with E-state index in [2.05, 4.69) is 152 Å². The van der Waals surface area contributed by atoms with Crippen molar-refractivity contribution in [2.75, 3.05) is 6.16 Å². The number of hydrogen-bond acceptors (Lipinski definition) is 0. The Labute approximate surface area is 246 Å². The van der Waals surface area contributed by atoms with Crippen molar-refractivity contribution < 1.29 is 41.3 Å². The summed E-state index contributed by atoms with van der Waals surface area (Å²) in [5, 5.41) is 5.77. The average Bonchev–Trinajstić information content (AvgIpc) is 2.93. The molecule has 0 heterocycles. The molecule has 0 N–H and O–H groups in total. The molecule has 5 aromatic carbocycles. The van der Waals surface area contributed by atoms with Crippen LogP contribution in [0.15, 0.2) is 152 Å². The maximum absolute atomic E-state index is 2.33. The Morgan fingerprint density at radius 2 is 0.703 bits per heavy atom. The van der Waals surface area contributed by atoms with Gasteiger partial charge in [0.2, 0.25) is 0 Å². The number of hydrogen-bond donors (Lipinski definition) is 0. The molecule has 0 aromatic heterocycles. The third kappa shape index (κ3) is 8.01. The molecule has 0 aliphatic rings. The maximum Gasteiger partial charge on any atom is 2.00 e. The van der Waals surface area contributed by atoms with E-state index in [1.165, 1.54) is 26.8 Å². The van der Waals surface area contributed by atoms with E-state index < -0.39 is 15.8 Å². The Morgan fingerprint density at radius 3 is 1.05 bits per heavy atom. The maximum atomic E-state index is 2.33. The van der Waals surface area contributed by atoms with Crippen molar-refractivity contribution in [3.63, 3.8) is 0 Å². The summed E-state index contributed by atoms with van der Waals surface area (Å²) < 4.78 is 0. The minimum atomic E-state index is -0.588. The van der Waals surface area contributed by atoms with E-state index in [0.29, 0.717) is 5.66 Å². The zero-order valence-corrected chi connectivity index (χ0v) is 24.5. The van der Waals surface area contributed by atoms with Gasteiger partial charge in [-0.2, -0.15) is 0 Å². The first-order valence-electron chi connectivity index (χ1n) is 11.7. The van der Waals surface area contributed by atoms with Crippen molar-refractivity contribution in [3.8, 4) is 0 Å². The molecule has 0 aliphatic heterocycles. The van der Waals surface area contributed by atoms with Crippen molar-refractivity contribution in [1.29, 1.82) is 0 Å². The minimum absolute atomic E-state index is 0. The minimum Gasteiger partial charge on any atom is -1.00 e. The van der Waals surface area contributed by atoms with Crippen LogP contribution in [0.2, 0.25) is 0 Å². The van der Waals surface area contributed by atoms with Gasteiger partial charge in [0, 0.05) is 5.66 Å². The summed E-state index contributed by atoms with van der Waals surface area (Å²) in [6.07, 6.45) is 1.11. The molecule has 0 nitrogen and oxygen atoms in total. The molecule has 5 rings (SSSR count). The van der Waals surface area contributed by atoms with Crippen LogP contribution in [0, 0.1) is 0 Å². The normalized spacial score (nSPS) is 11.1. The van der Waals surface area contributed by atoms with E-state index in [1.807, 2.05) is 0 Å². The van der Waals surface area contributed by atoms with E-state index in [9.17, 15) is 0 Å². The molecule has 0 bridgehead atoms. The molecule has 0 fully saturated rings. The average molecular weight is 604 g/mol. The van der Waals surface area contributed by atoms with Gasteiger partial charge in [-0.15, -0.1) is 0 Å². The van der Waals surface area contributed by atoms with Crippen LogP contribution in [0.4, 0.5) is 0 Å². The van der Waals surface area contributed by atoms with E-state index in [0.717, 1.165) is 6.16 Å². The van der Waals surface area contributed by atoms with Crippen LogP contribution in [-0.2, 0) is 16.5 Å². The first kappa shape index (κ1) is 31.3. The molecule has 37 heavy (non-hydrogen) atoms. The molecule has 1 atom stereocenters. The standard InChI is InChI=1S/C32H28P2.2ClH.Ni/c1-6-16-27(17-7-1)32(34(30-22-12-4-13-23-30)31-24-14-5-15-25-31)26-33(28-18-8-2-9-19-28)29-20-10-3-11-21-29;;;/h1-25,32H,26H2;2*1H;/q;;;+2/p-2/t32-;;;/m0.../s1. The monoisotopic (exact) mass is 602 g/mol. The molecule has 0 radical (unpaired) electrons. The second-order valence-corrected chi connectivity index (χ2v) is 12.9. The fourth-order valence-corrected chi connectivity index (χ4v) is 10.4. The molecular formula is C32H28Cl2NiP2. The van der Waals surface area contributed by atoms with Gasteiger partial charge in [-0.1, -0.05) is 152 Å². The first-order valence-corrected chi connectivity index (χ1v) is 14.7. The van der Waals surface area contributed by atoms with Gasteiger partial charge in [-0.05, 0) is 48.8 Å². The molecule has 0 saturated carbocycles. The zero-order valence-electron chi connectivity index (χ0n) is 20.2. The smallest absolute Gasteiger partial charge is 1.00 e.